The molecule has 0 N–H and O–H groups in total. The van der Waals surface area contributed by atoms with Crippen molar-refractivity contribution in [1.82, 2.24) is 14.8 Å². The fourth-order valence-electron chi connectivity index (χ4n) is 2.27. The number of thioether (sulfide) groups is 1. The molecule has 5 heteroatoms. The maximum absolute atomic E-state index is 5.73. The summed E-state index contributed by atoms with van der Waals surface area (Å²) >= 11 is 1.66. The lowest BCUT2D eigenvalue weighted by Crippen LogP contribution is -2.04. The number of para-hydroxylation sites is 2. The summed E-state index contributed by atoms with van der Waals surface area (Å²) in [5.41, 5.74) is 1.10. The van der Waals surface area contributed by atoms with Crippen molar-refractivity contribution in [2.24, 2.45) is 0 Å². The summed E-state index contributed by atoms with van der Waals surface area (Å²) in [6.45, 7) is 2.73. The van der Waals surface area contributed by atoms with Crippen LogP contribution in [0, 0.1) is 0 Å². The van der Waals surface area contributed by atoms with E-state index in [-0.39, 0.29) is 0 Å². The largest absolute Gasteiger partial charge is 0.493 e. The summed E-state index contributed by atoms with van der Waals surface area (Å²) in [7, 11) is 0. The van der Waals surface area contributed by atoms with Crippen LogP contribution >= 0.6 is 11.8 Å². The predicted molar refractivity (Wildman–Crippen MR) is 93.4 cm³/mol. The molecule has 3 aromatic rings. The zero-order chi connectivity index (χ0) is 15.9. The summed E-state index contributed by atoms with van der Waals surface area (Å²) in [6, 6.07) is 20.1. The molecule has 0 saturated heterocycles. The van der Waals surface area contributed by atoms with Gasteiger partial charge in [0.15, 0.2) is 5.16 Å². The van der Waals surface area contributed by atoms with E-state index in [0.29, 0.717) is 6.61 Å². The highest BCUT2D eigenvalue weighted by atomic mass is 32.2. The summed E-state index contributed by atoms with van der Waals surface area (Å²) in [4.78, 5) is 0. The van der Waals surface area contributed by atoms with E-state index in [0.717, 1.165) is 34.6 Å². The molecule has 0 aliphatic rings. The number of ether oxygens (including phenoxy) is 1. The van der Waals surface area contributed by atoms with E-state index in [4.69, 9.17) is 4.74 Å². The molecular weight excluding hydrogens is 306 g/mol. The molecule has 0 saturated carbocycles. The molecule has 3 rings (SSSR count). The second kappa shape index (κ2) is 7.83. The van der Waals surface area contributed by atoms with E-state index in [9.17, 15) is 0 Å². The summed E-state index contributed by atoms with van der Waals surface area (Å²) < 4.78 is 7.85. The Hall–Kier alpha value is -2.27. The van der Waals surface area contributed by atoms with Gasteiger partial charge in [0.25, 0.3) is 0 Å². The van der Waals surface area contributed by atoms with Crippen LogP contribution in [0.15, 0.2) is 65.8 Å². The molecule has 118 valence electrons. The van der Waals surface area contributed by atoms with Gasteiger partial charge < -0.3 is 4.74 Å². The molecule has 0 aliphatic heterocycles. The number of hydrogen-bond donors (Lipinski definition) is 0. The Morgan fingerprint density at radius 3 is 2.35 bits per heavy atom. The third kappa shape index (κ3) is 3.93. The quantitative estimate of drug-likeness (QED) is 0.486. The average Bonchev–Trinajstić information content (AvgIpc) is 3.03. The third-order valence-corrected chi connectivity index (χ3v) is 4.25. The second-order valence-corrected chi connectivity index (χ2v) is 6.00. The van der Waals surface area contributed by atoms with E-state index in [1.165, 1.54) is 0 Å². The van der Waals surface area contributed by atoms with Crippen LogP contribution in [0.3, 0.4) is 0 Å². The minimum absolute atomic E-state index is 0.637. The van der Waals surface area contributed by atoms with Crippen molar-refractivity contribution in [3.63, 3.8) is 0 Å². The second-order valence-electron chi connectivity index (χ2n) is 4.93. The minimum atomic E-state index is 0.637. The zero-order valence-electron chi connectivity index (χ0n) is 13.1. The highest BCUT2D eigenvalue weighted by Gasteiger charge is 2.12. The lowest BCUT2D eigenvalue weighted by molar-refractivity contribution is 0.344. The standard InChI is InChI=1S/C18H19N3OS/c1-2-17-19-20-18(21(17)15-9-5-3-6-10-15)23-14-13-22-16-11-7-4-8-12-16/h3-12H,2,13-14H2,1H3. The molecule has 1 aromatic heterocycles. The molecule has 0 radical (unpaired) electrons. The van der Waals surface area contributed by atoms with E-state index >= 15 is 0 Å². The summed E-state index contributed by atoms with van der Waals surface area (Å²) in [5.74, 6) is 2.69. The van der Waals surface area contributed by atoms with Gasteiger partial charge >= 0.3 is 0 Å². The molecule has 0 unspecified atom stereocenters. The van der Waals surface area contributed by atoms with Gasteiger partial charge in [-0.05, 0) is 24.3 Å². The van der Waals surface area contributed by atoms with Crippen LogP contribution in [0.5, 0.6) is 5.75 Å². The lowest BCUT2D eigenvalue weighted by Gasteiger charge is -2.09. The Morgan fingerprint density at radius 2 is 1.65 bits per heavy atom. The Kier molecular flexibility index (Phi) is 5.32. The first-order valence-corrected chi connectivity index (χ1v) is 8.67. The molecule has 0 atom stereocenters. The van der Waals surface area contributed by atoms with E-state index in [1.807, 2.05) is 48.5 Å². The molecule has 4 nitrogen and oxygen atoms in total. The van der Waals surface area contributed by atoms with Crippen LogP contribution in [0.1, 0.15) is 12.7 Å². The molecule has 0 amide bonds. The number of hydrogen-bond acceptors (Lipinski definition) is 4. The first-order chi connectivity index (χ1) is 11.4. The Labute approximate surface area is 140 Å². The molecule has 0 fully saturated rings. The van der Waals surface area contributed by atoms with Crippen molar-refractivity contribution in [2.75, 3.05) is 12.4 Å². The van der Waals surface area contributed by atoms with Crippen molar-refractivity contribution in [3.05, 3.63) is 66.5 Å². The number of aryl methyl sites for hydroxylation is 1. The molecule has 23 heavy (non-hydrogen) atoms. The zero-order valence-corrected chi connectivity index (χ0v) is 13.9. The topological polar surface area (TPSA) is 39.9 Å². The third-order valence-electron chi connectivity index (χ3n) is 3.36. The number of rotatable bonds is 7. The number of nitrogens with zero attached hydrogens (tertiary/aromatic N) is 3. The van der Waals surface area contributed by atoms with Gasteiger partial charge in [-0.15, -0.1) is 10.2 Å². The van der Waals surface area contributed by atoms with Crippen molar-refractivity contribution >= 4 is 11.8 Å². The van der Waals surface area contributed by atoms with Gasteiger partial charge in [-0.25, -0.2) is 0 Å². The molecule has 0 bridgehead atoms. The smallest absolute Gasteiger partial charge is 0.195 e. The van der Waals surface area contributed by atoms with Crippen LogP contribution in [0.4, 0.5) is 0 Å². The Morgan fingerprint density at radius 1 is 0.957 bits per heavy atom. The van der Waals surface area contributed by atoms with Crippen molar-refractivity contribution in [2.45, 2.75) is 18.5 Å². The molecule has 2 aromatic carbocycles. The van der Waals surface area contributed by atoms with Gasteiger partial charge in [0.2, 0.25) is 0 Å². The van der Waals surface area contributed by atoms with Crippen LogP contribution < -0.4 is 4.74 Å². The molecular formula is C18H19N3OS. The predicted octanol–water partition coefficient (Wildman–Crippen LogP) is 4.00. The van der Waals surface area contributed by atoms with Gasteiger partial charge in [-0.2, -0.15) is 0 Å². The normalized spacial score (nSPS) is 10.7. The average molecular weight is 325 g/mol. The van der Waals surface area contributed by atoms with Crippen LogP contribution in [0.2, 0.25) is 0 Å². The maximum Gasteiger partial charge on any atom is 0.195 e. The number of aromatic nitrogens is 3. The van der Waals surface area contributed by atoms with Crippen molar-refractivity contribution in [1.29, 1.82) is 0 Å². The number of benzene rings is 2. The van der Waals surface area contributed by atoms with Crippen LogP contribution in [-0.2, 0) is 6.42 Å². The minimum Gasteiger partial charge on any atom is -0.493 e. The van der Waals surface area contributed by atoms with Gasteiger partial charge in [0, 0.05) is 17.9 Å². The summed E-state index contributed by atoms with van der Waals surface area (Å²) in [6.07, 6.45) is 0.850. The van der Waals surface area contributed by atoms with Crippen LogP contribution in [0.25, 0.3) is 5.69 Å². The molecule has 0 spiro atoms. The summed E-state index contributed by atoms with van der Waals surface area (Å²) in [5, 5.41) is 9.53. The van der Waals surface area contributed by atoms with Gasteiger partial charge in [0.1, 0.15) is 11.6 Å². The molecule has 1 heterocycles. The Balaban J connectivity index is 1.65. The fraction of sp³-hybridized carbons (Fsp3) is 0.222. The highest BCUT2D eigenvalue weighted by Crippen LogP contribution is 2.22. The Bertz CT molecular complexity index is 729. The van der Waals surface area contributed by atoms with E-state index < -0.39 is 0 Å². The van der Waals surface area contributed by atoms with Gasteiger partial charge in [0.05, 0.1) is 6.61 Å². The van der Waals surface area contributed by atoms with Crippen molar-refractivity contribution in [3.8, 4) is 11.4 Å². The van der Waals surface area contributed by atoms with Gasteiger partial charge in [-0.1, -0.05) is 55.1 Å². The first kappa shape index (κ1) is 15.6. The van der Waals surface area contributed by atoms with Gasteiger partial charge in [-0.3, -0.25) is 4.57 Å². The lowest BCUT2D eigenvalue weighted by atomic mass is 10.3. The monoisotopic (exact) mass is 325 g/mol. The van der Waals surface area contributed by atoms with Crippen molar-refractivity contribution < 1.29 is 4.74 Å². The van der Waals surface area contributed by atoms with E-state index in [1.54, 1.807) is 11.8 Å². The molecule has 0 aliphatic carbocycles. The van der Waals surface area contributed by atoms with Crippen LogP contribution in [-0.4, -0.2) is 27.1 Å². The first-order valence-electron chi connectivity index (χ1n) is 7.69. The fourth-order valence-corrected chi connectivity index (χ4v) is 3.06. The van der Waals surface area contributed by atoms with E-state index in [2.05, 4.69) is 33.8 Å². The highest BCUT2D eigenvalue weighted by molar-refractivity contribution is 7.99. The maximum atomic E-state index is 5.73. The SMILES string of the molecule is CCc1nnc(SCCOc2ccccc2)n1-c1ccccc1.